The van der Waals surface area contributed by atoms with Crippen molar-refractivity contribution >= 4 is 15.9 Å². The number of H-pyrrole nitrogens is 1. The lowest BCUT2D eigenvalue weighted by Gasteiger charge is -2.14. The van der Waals surface area contributed by atoms with E-state index >= 15 is 0 Å². The van der Waals surface area contributed by atoms with Gasteiger partial charge in [-0.3, -0.25) is 4.79 Å². The van der Waals surface area contributed by atoms with E-state index in [1.54, 1.807) is 6.92 Å². The molecule has 7 nitrogen and oxygen atoms in total. The zero-order valence-corrected chi connectivity index (χ0v) is 10.9. The van der Waals surface area contributed by atoms with Gasteiger partial charge in [0.25, 0.3) is 10.0 Å². The molecule has 2 rings (SSSR count). The topological polar surface area (TPSA) is 104 Å². The van der Waals surface area contributed by atoms with Gasteiger partial charge >= 0.3 is 0 Å². The van der Waals surface area contributed by atoms with Crippen LogP contribution in [0.15, 0.2) is 11.2 Å². The molecule has 2 heterocycles. The number of rotatable bonds is 3. The van der Waals surface area contributed by atoms with Crippen molar-refractivity contribution in [1.29, 1.82) is 0 Å². The second-order valence-electron chi connectivity index (χ2n) is 4.29. The van der Waals surface area contributed by atoms with Crippen LogP contribution in [0.4, 0.5) is 0 Å². The zero-order valence-electron chi connectivity index (χ0n) is 10.1. The number of imidazole rings is 1. The zero-order chi connectivity index (χ0) is 13.2. The summed E-state index contributed by atoms with van der Waals surface area (Å²) < 4.78 is 26.4. The number of nitrogens with zero attached hydrogens (tertiary/aromatic N) is 1. The maximum atomic E-state index is 12.0. The first-order chi connectivity index (χ1) is 8.49. The molecule has 1 aromatic rings. The molecule has 1 saturated heterocycles. The Balaban J connectivity index is 2.14. The summed E-state index contributed by atoms with van der Waals surface area (Å²) in [5.74, 6) is 0.244. The van der Waals surface area contributed by atoms with Crippen molar-refractivity contribution < 1.29 is 13.2 Å². The predicted molar refractivity (Wildman–Crippen MR) is 64.3 cm³/mol. The molecule has 0 aromatic carbocycles. The number of nitrogens with one attached hydrogen (secondary N) is 3. The number of carbonyl (C=O) groups excluding carboxylic acids is 1. The van der Waals surface area contributed by atoms with Crippen molar-refractivity contribution in [3.63, 3.8) is 0 Å². The second kappa shape index (κ2) is 5.07. The van der Waals surface area contributed by atoms with Gasteiger partial charge in [-0.2, -0.15) is 4.72 Å². The Bertz CT molecular complexity index is 537. The minimum atomic E-state index is -3.72. The smallest absolute Gasteiger partial charge is 0.258 e. The lowest BCUT2D eigenvalue weighted by Crippen LogP contribution is -2.45. The molecule has 1 unspecified atom stereocenters. The summed E-state index contributed by atoms with van der Waals surface area (Å²) in [5, 5.41) is 2.67. The van der Waals surface area contributed by atoms with Crippen LogP contribution in [0.1, 0.15) is 25.1 Å². The number of amides is 1. The molecule has 1 aliphatic heterocycles. The number of sulfonamides is 1. The summed E-state index contributed by atoms with van der Waals surface area (Å²) >= 11 is 0. The third kappa shape index (κ3) is 2.88. The maximum Gasteiger partial charge on any atom is 0.258 e. The molecule has 18 heavy (non-hydrogen) atoms. The van der Waals surface area contributed by atoms with Crippen LogP contribution in [0.3, 0.4) is 0 Å². The fourth-order valence-electron chi connectivity index (χ4n) is 1.84. The summed E-state index contributed by atoms with van der Waals surface area (Å²) in [4.78, 5) is 18.1. The SMILES string of the molecule is Cc1ncc(S(=O)(=O)NC2CCCCNC2=O)[nH]1. The number of aryl methyl sites for hydroxylation is 1. The highest BCUT2D eigenvalue weighted by Crippen LogP contribution is 2.10. The lowest BCUT2D eigenvalue weighted by molar-refractivity contribution is -0.122. The number of carbonyl (C=O) groups is 1. The van der Waals surface area contributed by atoms with E-state index in [2.05, 4.69) is 20.0 Å². The van der Waals surface area contributed by atoms with Gasteiger partial charge in [0.1, 0.15) is 11.9 Å². The summed E-state index contributed by atoms with van der Waals surface area (Å²) in [6.45, 7) is 2.26. The van der Waals surface area contributed by atoms with Crippen LogP contribution >= 0.6 is 0 Å². The molecule has 0 bridgehead atoms. The third-order valence-corrected chi connectivity index (χ3v) is 4.18. The van der Waals surface area contributed by atoms with Crippen LogP contribution in [0, 0.1) is 6.92 Å². The quantitative estimate of drug-likeness (QED) is 0.700. The van der Waals surface area contributed by atoms with E-state index in [0.29, 0.717) is 18.8 Å². The highest BCUT2D eigenvalue weighted by atomic mass is 32.2. The van der Waals surface area contributed by atoms with Crippen LogP contribution in [0.5, 0.6) is 0 Å². The van der Waals surface area contributed by atoms with Crippen LogP contribution in [-0.4, -0.2) is 36.9 Å². The number of hydrogen-bond donors (Lipinski definition) is 3. The Kier molecular flexibility index (Phi) is 3.67. The molecule has 1 fully saturated rings. The van der Waals surface area contributed by atoms with Gasteiger partial charge in [0.2, 0.25) is 5.91 Å². The number of aromatic nitrogens is 2. The van der Waals surface area contributed by atoms with Crippen LogP contribution in [0.2, 0.25) is 0 Å². The summed E-state index contributed by atoms with van der Waals surface area (Å²) in [5.41, 5.74) is 0. The number of aromatic amines is 1. The molecule has 3 N–H and O–H groups in total. The monoisotopic (exact) mass is 272 g/mol. The fraction of sp³-hybridized carbons (Fsp3) is 0.600. The molecular weight excluding hydrogens is 256 g/mol. The van der Waals surface area contributed by atoms with E-state index in [4.69, 9.17) is 0 Å². The largest absolute Gasteiger partial charge is 0.355 e. The van der Waals surface area contributed by atoms with Gasteiger partial charge in [-0.25, -0.2) is 13.4 Å². The first-order valence-electron chi connectivity index (χ1n) is 5.81. The van der Waals surface area contributed by atoms with Gasteiger partial charge in [-0.05, 0) is 26.2 Å². The third-order valence-electron chi connectivity index (χ3n) is 2.80. The van der Waals surface area contributed by atoms with Crippen LogP contribution in [0.25, 0.3) is 0 Å². The number of hydrogen-bond acceptors (Lipinski definition) is 4. The van der Waals surface area contributed by atoms with Gasteiger partial charge in [-0.1, -0.05) is 0 Å². The maximum absolute atomic E-state index is 12.0. The van der Waals surface area contributed by atoms with Crippen molar-refractivity contribution in [2.24, 2.45) is 0 Å². The van der Waals surface area contributed by atoms with Crippen LogP contribution in [-0.2, 0) is 14.8 Å². The van der Waals surface area contributed by atoms with E-state index in [1.807, 2.05) is 0 Å². The second-order valence-corrected chi connectivity index (χ2v) is 5.98. The average molecular weight is 272 g/mol. The van der Waals surface area contributed by atoms with Gasteiger partial charge in [0, 0.05) is 6.54 Å². The van der Waals surface area contributed by atoms with E-state index in [1.165, 1.54) is 6.20 Å². The molecule has 1 aliphatic rings. The molecule has 0 spiro atoms. The Hall–Kier alpha value is -1.41. The molecule has 0 aliphatic carbocycles. The Morgan fingerprint density at radius 3 is 2.89 bits per heavy atom. The minimum absolute atomic E-state index is 0.0166. The van der Waals surface area contributed by atoms with Crippen molar-refractivity contribution in [3.8, 4) is 0 Å². The van der Waals surface area contributed by atoms with Crippen LogP contribution < -0.4 is 10.0 Å². The molecule has 8 heteroatoms. The molecule has 1 aromatic heterocycles. The Morgan fingerprint density at radius 2 is 2.22 bits per heavy atom. The summed E-state index contributed by atoms with van der Waals surface area (Å²) in [7, 11) is -3.72. The fourth-order valence-corrected chi connectivity index (χ4v) is 3.04. The average Bonchev–Trinajstić information content (AvgIpc) is 2.65. The molecule has 1 atom stereocenters. The van der Waals surface area contributed by atoms with Gasteiger partial charge in [-0.15, -0.1) is 0 Å². The van der Waals surface area contributed by atoms with E-state index in [-0.39, 0.29) is 10.9 Å². The molecule has 1 amide bonds. The van der Waals surface area contributed by atoms with Crippen molar-refractivity contribution in [2.75, 3.05) is 6.54 Å². The molecule has 100 valence electrons. The van der Waals surface area contributed by atoms with Crippen molar-refractivity contribution in [1.82, 2.24) is 20.0 Å². The highest BCUT2D eigenvalue weighted by Gasteiger charge is 2.27. The Labute approximate surface area is 105 Å². The summed E-state index contributed by atoms with van der Waals surface area (Å²) in [6, 6.07) is -0.707. The molecule has 0 saturated carbocycles. The first-order valence-corrected chi connectivity index (χ1v) is 7.29. The van der Waals surface area contributed by atoms with Gasteiger partial charge in [0.05, 0.1) is 6.20 Å². The standard InChI is InChI=1S/C10H16N4O3S/c1-7-12-6-9(13-7)18(16,17)14-8-4-2-3-5-11-10(8)15/h6,8,14H,2-5H2,1H3,(H,11,15)(H,12,13). The van der Waals surface area contributed by atoms with E-state index in [9.17, 15) is 13.2 Å². The normalized spacial score (nSPS) is 21.4. The first kappa shape index (κ1) is 13.0. The lowest BCUT2D eigenvalue weighted by atomic mass is 10.1. The predicted octanol–water partition coefficient (Wildman–Crippen LogP) is -0.335. The Morgan fingerprint density at radius 1 is 1.44 bits per heavy atom. The van der Waals surface area contributed by atoms with Gasteiger partial charge in [0.15, 0.2) is 5.03 Å². The summed E-state index contributed by atoms with van der Waals surface area (Å²) in [6.07, 6.45) is 3.44. The van der Waals surface area contributed by atoms with E-state index in [0.717, 1.165) is 12.8 Å². The van der Waals surface area contributed by atoms with Crippen molar-refractivity contribution in [2.45, 2.75) is 37.3 Å². The molecule has 0 radical (unpaired) electrons. The van der Waals surface area contributed by atoms with Crippen molar-refractivity contribution in [3.05, 3.63) is 12.0 Å². The van der Waals surface area contributed by atoms with Gasteiger partial charge < -0.3 is 10.3 Å². The van der Waals surface area contributed by atoms with E-state index < -0.39 is 16.1 Å². The minimum Gasteiger partial charge on any atom is -0.355 e. The highest BCUT2D eigenvalue weighted by molar-refractivity contribution is 7.89. The molecular formula is C10H16N4O3S.